The maximum Gasteiger partial charge on any atom is 0.0768 e. The molecule has 0 radical (unpaired) electrons. The standard InChI is InChI=1S/C13H22N4/c1-17-10-3-2-6-13(17)7-9-14-11-12-5-4-8-15-16-12/h4-5,8,13-14H,2-3,6-7,9-11H2,1H3. The minimum absolute atomic E-state index is 0.762. The zero-order chi connectivity index (χ0) is 11.9. The smallest absolute Gasteiger partial charge is 0.0768 e. The number of rotatable bonds is 5. The molecule has 4 nitrogen and oxygen atoms in total. The Bertz CT molecular complexity index is 314. The summed E-state index contributed by atoms with van der Waals surface area (Å²) in [4.78, 5) is 2.49. The summed E-state index contributed by atoms with van der Waals surface area (Å²) in [5, 5.41) is 11.4. The first-order chi connectivity index (χ1) is 8.36. The van der Waals surface area contributed by atoms with Crippen LogP contribution in [0.5, 0.6) is 0 Å². The van der Waals surface area contributed by atoms with Gasteiger partial charge in [0.1, 0.15) is 0 Å². The molecular formula is C13H22N4. The molecular weight excluding hydrogens is 212 g/mol. The van der Waals surface area contributed by atoms with Crippen LogP contribution in [0.4, 0.5) is 0 Å². The third kappa shape index (κ3) is 4.06. The maximum atomic E-state index is 4.06. The summed E-state index contributed by atoms with van der Waals surface area (Å²) in [5.74, 6) is 0. The SMILES string of the molecule is CN1CCCCC1CCNCc1cccnn1. The van der Waals surface area contributed by atoms with Gasteiger partial charge < -0.3 is 10.2 Å². The zero-order valence-electron chi connectivity index (χ0n) is 10.6. The molecule has 1 aliphatic rings. The van der Waals surface area contributed by atoms with Gasteiger partial charge in [0.15, 0.2) is 0 Å². The molecule has 2 rings (SSSR count). The van der Waals surface area contributed by atoms with E-state index in [9.17, 15) is 0 Å². The molecule has 0 aliphatic carbocycles. The highest BCUT2D eigenvalue weighted by Crippen LogP contribution is 2.16. The molecule has 1 atom stereocenters. The highest BCUT2D eigenvalue weighted by molar-refractivity contribution is 4.98. The van der Waals surface area contributed by atoms with Crippen LogP contribution in [0.25, 0.3) is 0 Å². The number of piperidine rings is 1. The first-order valence-electron chi connectivity index (χ1n) is 6.54. The van der Waals surface area contributed by atoms with E-state index in [4.69, 9.17) is 0 Å². The lowest BCUT2D eigenvalue weighted by molar-refractivity contribution is 0.175. The van der Waals surface area contributed by atoms with E-state index >= 15 is 0 Å². The van der Waals surface area contributed by atoms with E-state index in [-0.39, 0.29) is 0 Å². The lowest BCUT2D eigenvalue weighted by Crippen LogP contribution is -2.38. The van der Waals surface area contributed by atoms with E-state index in [0.29, 0.717) is 0 Å². The molecule has 2 heterocycles. The van der Waals surface area contributed by atoms with E-state index < -0.39 is 0 Å². The minimum Gasteiger partial charge on any atom is -0.311 e. The minimum atomic E-state index is 0.762. The predicted octanol–water partition coefficient (Wildman–Crippen LogP) is 1.44. The Morgan fingerprint density at radius 2 is 2.41 bits per heavy atom. The van der Waals surface area contributed by atoms with E-state index in [0.717, 1.165) is 24.8 Å². The molecule has 1 saturated heterocycles. The number of aromatic nitrogens is 2. The lowest BCUT2D eigenvalue weighted by atomic mass is 10.0. The number of likely N-dealkylation sites (tertiary alicyclic amines) is 1. The van der Waals surface area contributed by atoms with Crippen LogP contribution >= 0.6 is 0 Å². The molecule has 17 heavy (non-hydrogen) atoms. The van der Waals surface area contributed by atoms with Crippen molar-refractivity contribution < 1.29 is 0 Å². The highest BCUT2D eigenvalue weighted by atomic mass is 15.1. The molecule has 0 aromatic carbocycles. The van der Waals surface area contributed by atoms with Crippen molar-refractivity contribution in [2.75, 3.05) is 20.1 Å². The van der Waals surface area contributed by atoms with Crippen LogP contribution in [0.2, 0.25) is 0 Å². The summed E-state index contributed by atoms with van der Waals surface area (Å²) in [6, 6.07) is 4.70. The number of nitrogens with one attached hydrogen (secondary N) is 1. The number of hydrogen-bond acceptors (Lipinski definition) is 4. The van der Waals surface area contributed by atoms with E-state index in [1.165, 1.54) is 32.2 Å². The first kappa shape index (κ1) is 12.5. The molecule has 1 unspecified atom stereocenters. The number of nitrogens with zero attached hydrogens (tertiary/aromatic N) is 3. The van der Waals surface area contributed by atoms with Crippen molar-refractivity contribution in [1.82, 2.24) is 20.4 Å². The quantitative estimate of drug-likeness (QED) is 0.783. The topological polar surface area (TPSA) is 41.0 Å². The van der Waals surface area contributed by atoms with Gasteiger partial charge in [-0.2, -0.15) is 10.2 Å². The molecule has 1 fully saturated rings. The summed E-state index contributed by atoms with van der Waals surface area (Å²) in [5.41, 5.74) is 1.02. The molecule has 94 valence electrons. The predicted molar refractivity (Wildman–Crippen MR) is 68.6 cm³/mol. The van der Waals surface area contributed by atoms with E-state index in [1.54, 1.807) is 6.20 Å². The van der Waals surface area contributed by atoms with Gasteiger partial charge in [-0.3, -0.25) is 0 Å². The van der Waals surface area contributed by atoms with Gasteiger partial charge in [0.05, 0.1) is 5.69 Å². The van der Waals surface area contributed by atoms with Crippen molar-refractivity contribution in [3.8, 4) is 0 Å². The fraction of sp³-hybridized carbons (Fsp3) is 0.692. The largest absolute Gasteiger partial charge is 0.311 e. The third-order valence-corrected chi connectivity index (χ3v) is 3.51. The van der Waals surface area contributed by atoms with Crippen molar-refractivity contribution in [3.63, 3.8) is 0 Å². The van der Waals surface area contributed by atoms with Crippen molar-refractivity contribution in [3.05, 3.63) is 24.0 Å². The van der Waals surface area contributed by atoms with Crippen LogP contribution in [0.15, 0.2) is 18.3 Å². The zero-order valence-corrected chi connectivity index (χ0v) is 10.6. The van der Waals surface area contributed by atoms with Crippen molar-refractivity contribution in [1.29, 1.82) is 0 Å². The monoisotopic (exact) mass is 234 g/mol. The number of hydrogen-bond donors (Lipinski definition) is 1. The van der Waals surface area contributed by atoms with Crippen molar-refractivity contribution in [2.24, 2.45) is 0 Å². The average Bonchev–Trinajstić information content (AvgIpc) is 2.38. The Labute approximate surface area is 103 Å². The summed E-state index contributed by atoms with van der Waals surface area (Å²) < 4.78 is 0. The van der Waals surface area contributed by atoms with Crippen LogP contribution in [0.3, 0.4) is 0 Å². The molecule has 4 heteroatoms. The van der Waals surface area contributed by atoms with Gasteiger partial charge in [-0.15, -0.1) is 0 Å². The van der Waals surface area contributed by atoms with E-state index in [1.807, 2.05) is 12.1 Å². The van der Waals surface area contributed by atoms with Crippen LogP contribution < -0.4 is 5.32 Å². The molecule has 0 saturated carbocycles. The normalized spacial score (nSPS) is 21.6. The Kier molecular flexibility index (Phi) is 4.88. The van der Waals surface area contributed by atoms with Crippen molar-refractivity contribution >= 4 is 0 Å². The Balaban J connectivity index is 1.63. The van der Waals surface area contributed by atoms with Gasteiger partial charge in [0.25, 0.3) is 0 Å². The summed E-state index contributed by atoms with van der Waals surface area (Å²) in [6.45, 7) is 3.14. The Morgan fingerprint density at radius 1 is 1.47 bits per heavy atom. The fourth-order valence-electron chi connectivity index (χ4n) is 2.42. The van der Waals surface area contributed by atoms with Crippen LogP contribution in [-0.2, 0) is 6.54 Å². The third-order valence-electron chi connectivity index (χ3n) is 3.51. The van der Waals surface area contributed by atoms with Crippen molar-refractivity contribution in [2.45, 2.75) is 38.3 Å². The molecule has 1 aliphatic heterocycles. The summed E-state index contributed by atoms with van der Waals surface area (Å²) >= 11 is 0. The van der Waals surface area contributed by atoms with Gasteiger partial charge >= 0.3 is 0 Å². The first-order valence-corrected chi connectivity index (χ1v) is 6.54. The van der Waals surface area contributed by atoms with Crippen LogP contribution in [0, 0.1) is 0 Å². The second kappa shape index (κ2) is 6.67. The Morgan fingerprint density at radius 3 is 3.18 bits per heavy atom. The Hall–Kier alpha value is -1.00. The van der Waals surface area contributed by atoms with Gasteiger partial charge in [-0.1, -0.05) is 6.42 Å². The highest BCUT2D eigenvalue weighted by Gasteiger charge is 2.17. The fourth-order valence-corrected chi connectivity index (χ4v) is 2.42. The lowest BCUT2D eigenvalue weighted by Gasteiger charge is -2.32. The molecule has 1 aromatic rings. The molecule has 0 amide bonds. The average molecular weight is 234 g/mol. The van der Waals surface area contributed by atoms with Gasteiger partial charge in [0, 0.05) is 18.8 Å². The second-order valence-corrected chi connectivity index (χ2v) is 4.81. The van der Waals surface area contributed by atoms with Crippen LogP contribution in [0.1, 0.15) is 31.4 Å². The van der Waals surface area contributed by atoms with Crippen LogP contribution in [-0.4, -0.2) is 41.3 Å². The van der Waals surface area contributed by atoms with E-state index in [2.05, 4.69) is 27.5 Å². The molecule has 1 aromatic heterocycles. The second-order valence-electron chi connectivity index (χ2n) is 4.81. The van der Waals surface area contributed by atoms with Gasteiger partial charge in [-0.25, -0.2) is 0 Å². The maximum absolute atomic E-state index is 4.06. The molecule has 1 N–H and O–H groups in total. The molecule has 0 spiro atoms. The summed E-state index contributed by atoms with van der Waals surface area (Å²) in [7, 11) is 2.24. The van der Waals surface area contributed by atoms with Gasteiger partial charge in [0.2, 0.25) is 0 Å². The van der Waals surface area contributed by atoms with Gasteiger partial charge in [-0.05, 0) is 51.5 Å². The molecule has 0 bridgehead atoms. The summed E-state index contributed by atoms with van der Waals surface area (Å²) in [6.07, 6.45) is 7.04.